The molecular weight excluding hydrogens is 431 g/mol. The van der Waals surface area contributed by atoms with Gasteiger partial charge in [0.1, 0.15) is 17.4 Å². The first-order valence-corrected chi connectivity index (χ1v) is 9.72. The summed E-state index contributed by atoms with van der Waals surface area (Å²) in [5.74, 6) is -0.0705. The molecule has 2 N–H and O–H groups in total. The number of rotatable bonds is 7. The zero-order chi connectivity index (χ0) is 23.2. The van der Waals surface area contributed by atoms with Crippen molar-refractivity contribution in [3.05, 3.63) is 69.9 Å². The first-order chi connectivity index (χ1) is 14.6. The van der Waals surface area contributed by atoms with Crippen LogP contribution in [0, 0.1) is 18.3 Å². The fourth-order valence-electron chi connectivity index (χ4n) is 2.78. The Bertz CT molecular complexity index is 1030. The predicted molar refractivity (Wildman–Crippen MR) is 113 cm³/mol. The Hall–Kier alpha value is -3.18. The molecular formula is C22H21ClF3N3O2. The van der Waals surface area contributed by atoms with Gasteiger partial charge in [-0.1, -0.05) is 29.3 Å². The van der Waals surface area contributed by atoms with Crippen LogP contribution in [0.25, 0.3) is 0 Å². The van der Waals surface area contributed by atoms with Gasteiger partial charge >= 0.3 is 6.18 Å². The van der Waals surface area contributed by atoms with E-state index < -0.39 is 28.7 Å². The molecule has 0 aliphatic carbocycles. The summed E-state index contributed by atoms with van der Waals surface area (Å²) in [6, 6.07) is 10.0. The molecule has 5 nitrogen and oxygen atoms in total. The minimum atomic E-state index is -4.63. The van der Waals surface area contributed by atoms with Gasteiger partial charge in [-0.25, -0.2) is 0 Å². The molecule has 0 saturated carbocycles. The maximum absolute atomic E-state index is 13.0. The summed E-state index contributed by atoms with van der Waals surface area (Å²) >= 11 is 5.59. The number of amides is 1. The average molecular weight is 452 g/mol. The molecule has 0 heterocycles. The highest BCUT2D eigenvalue weighted by atomic mass is 35.5. The molecule has 0 aliphatic rings. The lowest BCUT2D eigenvalue weighted by molar-refractivity contribution is -0.137. The number of nitrogens with zero attached hydrogens (tertiary/aromatic N) is 1. The molecule has 2 aromatic rings. The van der Waals surface area contributed by atoms with E-state index in [-0.39, 0.29) is 11.3 Å². The Kier molecular flexibility index (Phi) is 7.95. The van der Waals surface area contributed by atoms with Crippen LogP contribution in [0.3, 0.4) is 0 Å². The molecule has 0 spiro atoms. The maximum atomic E-state index is 13.0. The van der Waals surface area contributed by atoms with Gasteiger partial charge in [-0.15, -0.1) is 0 Å². The van der Waals surface area contributed by atoms with Crippen LogP contribution in [0.4, 0.5) is 18.9 Å². The lowest BCUT2D eigenvalue weighted by atomic mass is 10.0. The fraction of sp³-hybridized carbons (Fsp3) is 0.273. The van der Waals surface area contributed by atoms with Crippen LogP contribution in [0.1, 0.15) is 36.6 Å². The molecule has 2 rings (SSSR count). The number of ether oxygens (including phenoxy) is 1. The molecule has 0 fully saturated rings. The Morgan fingerprint density at radius 1 is 1.29 bits per heavy atom. The van der Waals surface area contributed by atoms with Crippen molar-refractivity contribution >= 4 is 23.2 Å². The molecule has 1 atom stereocenters. The predicted octanol–water partition coefficient (Wildman–Crippen LogP) is 5.76. The van der Waals surface area contributed by atoms with Gasteiger partial charge in [-0.05, 0) is 45.0 Å². The van der Waals surface area contributed by atoms with E-state index in [0.717, 1.165) is 29.5 Å². The van der Waals surface area contributed by atoms with Gasteiger partial charge < -0.3 is 15.4 Å². The lowest BCUT2D eigenvalue weighted by Gasteiger charge is -2.18. The van der Waals surface area contributed by atoms with Gasteiger partial charge in [0.25, 0.3) is 5.91 Å². The van der Waals surface area contributed by atoms with Gasteiger partial charge in [0, 0.05) is 17.5 Å². The largest absolute Gasteiger partial charge is 0.494 e. The highest BCUT2D eigenvalue weighted by molar-refractivity contribution is 6.31. The molecule has 0 radical (unpaired) electrons. The molecule has 0 saturated heterocycles. The highest BCUT2D eigenvalue weighted by Crippen LogP contribution is 2.36. The number of hydrogen-bond donors (Lipinski definition) is 2. The number of hydrogen-bond acceptors (Lipinski definition) is 4. The minimum Gasteiger partial charge on any atom is -0.494 e. The number of halogens is 4. The van der Waals surface area contributed by atoms with Crippen molar-refractivity contribution in [3.63, 3.8) is 0 Å². The summed E-state index contributed by atoms with van der Waals surface area (Å²) in [7, 11) is 0. The van der Waals surface area contributed by atoms with E-state index in [1.54, 1.807) is 19.1 Å². The van der Waals surface area contributed by atoms with E-state index in [1.165, 1.54) is 6.07 Å². The molecule has 164 valence electrons. The van der Waals surface area contributed by atoms with E-state index in [0.29, 0.717) is 12.4 Å². The van der Waals surface area contributed by atoms with Gasteiger partial charge in [0.2, 0.25) is 0 Å². The number of nitrogens with one attached hydrogen (secondary N) is 2. The highest BCUT2D eigenvalue weighted by Gasteiger charge is 2.33. The SMILES string of the molecule is CCOc1ccc(C)cc1C(C)NC(=O)/C(C#N)=C\Nc1ccc(Cl)c(C(F)(F)F)c1. The third kappa shape index (κ3) is 6.40. The van der Waals surface area contributed by atoms with E-state index in [2.05, 4.69) is 10.6 Å². The summed E-state index contributed by atoms with van der Waals surface area (Å²) in [6.07, 6.45) is -3.58. The lowest BCUT2D eigenvalue weighted by Crippen LogP contribution is -2.28. The van der Waals surface area contributed by atoms with E-state index in [1.807, 2.05) is 26.0 Å². The molecule has 31 heavy (non-hydrogen) atoms. The summed E-state index contributed by atoms with van der Waals surface area (Å²) in [5.41, 5.74) is 0.420. The first-order valence-electron chi connectivity index (χ1n) is 9.34. The number of benzene rings is 2. The Morgan fingerprint density at radius 2 is 2.00 bits per heavy atom. The third-order valence-electron chi connectivity index (χ3n) is 4.30. The minimum absolute atomic E-state index is 0.0302. The van der Waals surface area contributed by atoms with Crippen LogP contribution in [0.15, 0.2) is 48.2 Å². The standard InChI is InChI=1S/C22H21ClF3N3O2/c1-4-31-20-8-5-13(2)9-17(20)14(3)29-21(30)15(11-27)12-28-16-6-7-19(23)18(10-16)22(24,25)26/h5-10,12,14,28H,4H2,1-3H3,(H,29,30)/b15-12-. The second-order valence-corrected chi connectivity index (χ2v) is 7.08. The van der Waals surface area contributed by atoms with E-state index >= 15 is 0 Å². The van der Waals surface area contributed by atoms with Crippen molar-refractivity contribution < 1.29 is 22.7 Å². The Labute approximate surface area is 183 Å². The number of nitriles is 1. The number of anilines is 1. The summed E-state index contributed by atoms with van der Waals surface area (Å²) < 4.78 is 44.6. The van der Waals surface area contributed by atoms with Gasteiger partial charge in [0.15, 0.2) is 0 Å². The quantitative estimate of drug-likeness (QED) is 0.414. The molecule has 9 heteroatoms. The Morgan fingerprint density at radius 3 is 2.61 bits per heavy atom. The Balaban J connectivity index is 2.19. The zero-order valence-corrected chi connectivity index (χ0v) is 17.9. The topological polar surface area (TPSA) is 74.1 Å². The van der Waals surface area contributed by atoms with E-state index in [9.17, 15) is 23.2 Å². The molecule has 1 unspecified atom stereocenters. The maximum Gasteiger partial charge on any atom is 0.417 e. The van der Waals surface area contributed by atoms with Crippen molar-refractivity contribution in [2.45, 2.75) is 33.0 Å². The van der Waals surface area contributed by atoms with Crippen LogP contribution in [-0.2, 0) is 11.0 Å². The van der Waals surface area contributed by atoms with E-state index in [4.69, 9.17) is 16.3 Å². The zero-order valence-electron chi connectivity index (χ0n) is 17.1. The number of carbonyl (C=O) groups is 1. The first kappa shape index (κ1) is 24.1. The van der Waals surface area contributed by atoms with Gasteiger partial charge in [-0.3, -0.25) is 4.79 Å². The van der Waals surface area contributed by atoms with Crippen LogP contribution in [-0.4, -0.2) is 12.5 Å². The summed E-state index contributed by atoms with van der Waals surface area (Å²) in [5, 5.41) is 14.1. The molecule has 0 aromatic heterocycles. The summed E-state index contributed by atoms with van der Waals surface area (Å²) in [4.78, 5) is 12.5. The van der Waals surface area contributed by atoms with Crippen molar-refractivity contribution in [2.24, 2.45) is 0 Å². The van der Waals surface area contributed by atoms with Crippen molar-refractivity contribution in [1.29, 1.82) is 5.26 Å². The van der Waals surface area contributed by atoms with Gasteiger partial charge in [-0.2, -0.15) is 18.4 Å². The second kappa shape index (κ2) is 10.2. The van der Waals surface area contributed by atoms with Crippen LogP contribution in [0.5, 0.6) is 5.75 Å². The second-order valence-electron chi connectivity index (χ2n) is 6.68. The monoisotopic (exact) mass is 451 g/mol. The van der Waals surface area contributed by atoms with Crippen LogP contribution < -0.4 is 15.4 Å². The van der Waals surface area contributed by atoms with Crippen LogP contribution in [0.2, 0.25) is 5.02 Å². The molecule has 2 aromatic carbocycles. The molecule has 0 bridgehead atoms. The number of aryl methyl sites for hydroxylation is 1. The van der Waals surface area contributed by atoms with Crippen molar-refractivity contribution in [2.75, 3.05) is 11.9 Å². The molecule has 1 amide bonds. The third-order valence-corrected chi connectivity index (χ3v) is 4.63. The van der Waals surface area contributed by atoms with Gasteiger partial charge in [0.05, 0.1) is 23.2 Å². The normalized spacial score (nSPS) is 12.6. The number of carbonyl (C=O) groups excluding carboxylic acids is 1. The fourth-order valence-corrected chi connectivity index (χ4v) is 3.01. The van der Waals surface area contributed by atoms with Crippen molar-refractivity contribution in [1.82, 2.24) is 5.32 Å². The summed E-state index contributed by atoms with van der Waals surface area (Å²) in [6.45, 7) is 5.94. The molecule has 0 aliphatic heterocycles. The average Bonchev–Trinajstić information content (AvgIpc) is 2.70. The number of alkyl halides is 3. The van der Waals surface area contributed by atoms with Crippen LogP contribution >= 0.6 is 11.6 Å². The smallest absolute Gasteiger partial charge is 0.417 e. The van der Waals surface area contributed by atoms with Crippen molar-refractivity contribution in [3.8, 4) is 11.8 Å².